The number of rotatable bonds is 12. The molecule has 0 saturated heterocycles. The maximum Gasteiger partial charge on any atom is 0.420 e. The van der Waals surface area contributed by atoms with Gasteiger partial charge in [0.1, 0.15) is 5.75 Å². The van der Waals surface area contributed by atoms with Gasteiger partial charge < -0.3 is 20.5 Å². The number of hydrogen-bond acceptors (Lipinski definition) is 4. The molecule has 2 aliphatic carbocycles. The number of alkyl halides is 3. The number of nitrogens with zero attached hydrogens (tertiary/aromatic N) is 1. The highest BCUT2D eigenvalue weighted by molar-refractivity contribution is 6.02. The number of benzene rings is 3. The van der Waals surface area contributed by atoms with Crippen molar-refractivity contribution in [3.8, 4) is 5.75 Å². The molecule has 0 aromatic heterocycles. The van der Waals surface area contributed by atoms with Gasteiger partial charge in [-0.05, 0) is 104 Å². The molecular weight excluding hydrogens is 599 g/mol. The molecular formula is C35H36F3N3O5. The van der Waals surface area contributed by atoms with E-state index in [1.807, 2.05) is 24.3 Å². The maximum absolute atomic E-state index is 13.9. The second kappa shape index (κ2) is 14.5. The first-order valence-corrected chi connectivity index (χ1v) is 15.4. The Morgan fingerprint density at radius 3 is 2.33 bits per heavy atom. The number of ether oxygens (including phenoxy) is 1. The molecule has 1 fully saturated rings. The van der Waals surface area contributed by atoms with Gasteiger partial charge in [-0.3, -0.25) is 14.5 Å². The van der Waals surface area contributed by atoms with Crippen molar-refractivity contribution in [3.05, 3.63) is 95.1 Å². The molecule has 3 aromatic rings. The van der Waals surface area contributed by atoms with Crippen molar-refractivity contribution in [1.29, 1.82) is 0 Å². The van der Waals surface area contributed by atoms with Crippen LogP contribution in [0.2, 0.25) is 0 Å². The van der Waals surface area contributed by atoms with E-state index in [0.29, 0.717) is 16.8 Å². The molecule has 5 rings (SSSR count). The van der Waals surface area contributed by atoms with Gasteiger partial charge in [0.05, 0.1) is 25.1 Å². The average Bonchev–Trinajstić information content (AvgIpc) is 3.88. The summed E-state index contributed by atoms with van der Waals surface area (Å²) in [5, 5.41) is 14.0. The summed E-state index contributed by atoms with van der Waals surface area (Å²) in [6, 6.07) is 16.8. The lowest BCUT2D eigenvalue weighted by molar-refractivity contribution is -0.139. The Kier molecular flexibility index (Phi) is 10.3. The van der Waals surface area contributed by atoms with E-state index in [1.165, 1.54) is 22.6 Å². The van der Waals surface area contributed by atoms with Crippen molar-refractivity contribution in [1.82, 2.24) is 5.32 Å². The molecule has 0 heterocycles. The smallest absolute Gasteiger partial charge is 0.420 e. The standard InChI is InChI=1S/C35H36F3N3O5/c36-35(37,38)30-20-28(14-17-31(30)46-22-24-6-7-24)40-34(45)41(29-15-12-26(13-16-29)25-4-2-1-3-5-25)21-23-8-10-27(11-9-23)33(44)39-19-18-32(42)43/h4,8-17,20,24H,1-3,5-7,18-19,21-22H2,(H,39,44)(H,40,45)(H,42,43). The Labute approximate surface area is 265 Å². The monoisotopic (exact) mass is 635 g/mol. The van der Waals surface area contributed by atoms with E-state index in [0.717, 1.165) is 50.2 Å². The van der Waals surface area contributed by atoms with Crippen molar-refractivity contribution in [2.24, 2.45) is 5.92 Å². The number of nitrogens with one attached hydrogen (secondary N) is 2. The number of carbonyl (C=O) groups is 3. The molecule has 46 heavy (non-hydrogen) atoms. The van der Waals surface area contributed by atoms with Gasteiger partial charge in [0.2, 0.25) is 0 Å². The summed E-state index contributed by atoms with van der Waals surface area (Å²) in [5.74, 6) is -1.45. The second-order valence-electron chi connectivity index (χ2n) is 11.6. The van der Waals surface area contributed by atoms with E-state index in [-0.39, 0.29) is 43.5 Å². The molecule has 0 atom stereocenters. The first-order valence-electron chi connectivity index (χ1n) is 15.4. The summed E-state index contributed by atoms with van der Waals surface area (Å²) in [6.07, 6.45) is 3.47. The minimum atomic E-state index is -4.68. The third-order valence-electron chi connectivity index (χ3n) is 7.97. The zero-order valence-electron chi connectivity index (χ0n) is 25.2. The van der Waals surface area contributed by atoms with Gasteiger partial charge in [0.15, 0.2) is 0 Å². The number of urea groups is 1. The first kappa shape index (κ1) is 32.6. The molecule has 0 radical (unpaired) electrons. The summed E-state index contributed by atoms with van der Waals surface area (Å²) in [7, 11) is 0. The normalized spacial score (nSPS) is 14.6. The number of hydrogen-bond donors (Lipinski definition) is 3. The summed E-state index contributed by atoms with van der Waals surface area (Å²) in [4.78, 5) is 38.2. The van der Waals surface area contributed by atoms with Crippen molar-refractivity contribution in [2.75, 3.05) is 23.4 Å². The Bertz CT molecular complexity index is 1580. The quantitative estimate of drug-likeness (QED) is 0.188. The molecule has 0 aliphatic heterocycles. The van der Waals surface area contributed by atoms with Crippen molar-refractivity contribution in [2.45, 2.75) is 57.7 Å². The van der Waals surface area contributed by atoms with Crippen molar-refractivity contribution < 1.29 is 37.4 Å². The highest BCUT2D eigenvalue weighted by atomic mass is 19.4. The van der Waals surface area contributed by atoms with E-state index in [1.54, 1.807) is 24.3 Å². The Morgan fingerprint density at radius 2 is 1.70 bits per heavy atom. The Balaban J connectivity index is 1.36. The van der Waals surface area contributed by atoms with Crippen LogP contribution in [0.5, 0.6) is 5.75 Å². The highest BCUT2D eigenvalue weighted by Crippen LogP contribution is 2.39. The summed E-state index contributed by atoms with van der Waals surface area (Å²) in [6.45, 7) is 0.266. The van der Waals surface area contributed by atoms with Gasteiger partial charge in [-0.25, -0.2) is 4.79 Å². The summed E-state index contributed by atoms with van der Waals surface area (Å²) >= 11 is 0. The van der Waals surface area contributed by atoms with E-state index < -0.39 is 29.6 Å². The fraction of sp³-hybridized carbons (Fsp3) is 0.343. The highest BCUT2D eigenvalue weighted by Gasteiger charge is 2.35. The zero-order valence-corrected chi connectivity index (χ0v) is 25.2. The molecule has 8 nitrogen and oxygen atoms in total. The van der Waals surface area contributed by atoms with Gasteiger partial charge in [0, 0.05) is 23.5 Å². The zero-order chi connectivity index (χ0) is 32.7. The van der Waals surface area contributed by atoms with Crippen LogP contribution in [0.3, 0.4) is 0 Å². The number of anilines is 2. The van der Waals surface area contributed by atoms with Crippen LogP contribution in [0, 0.1) is 5.92 Å². The molecule has 2 aliphatic rings. The Hall–Kier alpha value is -4.80. The molecule has 0 spiro atoms. The summed E-state index contributed by atoms with van der Waals surface area (Å²) in [5.41, 5.74) is 2.83. The van der Waals surface area contributed by atoms with E-state index in [2.05, 4.69) is 16.7 Å². The number of carbonyl (C=O) groups excluding carboxylic acids is 2. The number of carboxylic acid groups (broad SMARTS) is 1. The van der Waals surface area contributed by atoms with Gasteiger partial charge in [-0.1, -0.05) is 30.3 Å². The average molecular weight is 636 g/mol. The number of amides is 3. The molecule has 3 aromatic carbocycles. The van der Waals surface area contributed by atoms with Crippen molar-refractivity contribution >= 4 is 34.9 Å². The molecule has 1 saturated carbocycles. The number of allylic oxidation sites excluding steroid dienone is 2. The van der Waals surface area contributed by atoms with Gasteiger partial charge in [-0.2, -0.15) is 13.2 Å². The van der Waals surface area contributed by atoms with Crippen LogP contribution in [0.15, 0.2) is 72.8 Å². The topological polar surface area (TPSA) is 108 Å². The SMILES string of the molecule is O=C(O)CCNC(=O)c1ccc(CN(C(=O)Nc2ccc(OCC3CC3)c(C(F)(F)F)c2)c2ccc(C3=CCCCC3)cc2)cc1. The van der Waals surface area contributed by atoms with Crippen LogP contribution in [-0.2, 0) is 17.5 Å². The maximum atomic E-state index is 13.9. The third-order valence-corrected chi connectivity index (χ3v) is 7.97. The van der Waals surface area contributed by atoms with Crippen LogP contribution < -0.4 is 20.3 Å². The first-order chi connectivity index (χ1) is 22.1. The molecule has 3 amide bonds. The van der Waals surface area contributed by atoms with E-state index >= 15 is 0 Å². The third kappa shape index (κ3) is 8.89. The van der Waals surface area contributed by atoms with Crippen molar-refractivity contribution in [3.63, 3.8) is 0 Å². The van der Waals surface area contributed by atoms with Crippen LogP contribution in [0.1, 0.15) is 72.0 Å². The Morgan fingerprint density at radius 1 is 0.957 bits per heavy atom. The van der Waals surface area contributed by atoms with Crippen LogP contribution in [0.4, 0.5) is 29.3 Å². The lowest BCUT2D eigenvalue weighted by atomic mass is 9.93. The molecule has 0 unspecified atom stereocenters. The predicted octanol–water partition coefficient (Wildman–Crippen LogP) is 7.89. The number of aliphatic carboxylic acids is 1. The molecule has 242 valence electrons. The van der Waals surface area contributed by atoms with Gasteiger partial charge >= 0.3 is 18.2 Å². The molecule has 0 bridgehead atoms. The number of halogens is 3. The van der Waals surface area contributed by atoms with Crippen LogP contribution >= 0.6 is 0 Å². The van der Waals surface area contributed by atoms with Gasteiger partial charge in [-0.15, -0.1) is 0 Å². The fourth-order valence-corrected chi connectivity index (χ4v) is 5.20. The minimum absolute atomic E-state index is 0.0135. The predicted molar refractivity (Wildman–Crippen MR) is 169 cm³/mol. The van der Waals surface area contributed by atoms with E-state index in [4.69, 9.17) is 9.84 Å². The lowest BCUT2D eigenvalue weighted by Crippen LogP contribution is -2.34. The molecule has 11 heteroatoms. The van der Waals surface area contributed by atoms with E-state index in [9.17, 15) is 27.6 Å². The van der Waals surface area contributed by atoms with Gasteiger partial charge in [0.25, 0.3) is 5.91 Å². The molecule has 3 N–H and O–H groups in total. The summed E-state index contributed by atoms with van der Waals surface area (Å²) < 4.78 is 47.3. The second-order valence-corrected chi connectivity index (χ2v) is 11.6. The lowest BCUT2D eigenvalue weighted by Gasteiger charge is -2.25. The minimum Gasteiger partial charge on any atom is -0.493 e. The number of carboxylic acids is 1. The largest absolute Gasteiger partial charge is 0.493 e. The van der Waals surface area contributed by atoms with Crippen LogP contribution in [0.25, 0.3) is 5.57 Å². The fourth-order valence-electron chi connectivity index (χ4n) is 5.20. The van der Waals surface area contributed by atoms with Crippen LogP contribution in [-0.4, -0.2) is 36.2 Å².